The van der Waals surface area contributed by atoms with Crippen LogP contribution >= 0.6 is 0 Å². The van der Waals surface area contributed by atoms with Crippen LogP contribution in [-0.4, -0.2) is 46.9 Å². The van der Waals surface area contributed by atoms with Crippen LogP contribution in [0.1, 0.15) is 6.42 Å². The molecule has 1 saturated heterocycles. The molecule has 5 heteroatoms. The number of amides is 1. The summed E-state index contributed by atoms with van der Waals surface area (Å²) < 4.78 is 5.25. The lowest BCUT2D eigenvalue weighted by Crippen LogP contribution is -2.53. The number of hydrogen-bond donors (Lipinski definition) is 2. The Bertz CT molecular complexity index is 405. The fourth-order valence-corrected chi connectivity index (χ4v) is 2.55. The van der Waals surface area contributed by atoms with Crippen molar-refractivity contribution in [1.29, 1.82) is 0 Å². The normalized spacial score (nSPS) is 35.6. The fraction of sp³-hybridized carbons (Fsp3) is 0.462. The zero-order chi connectivity index (χ0) is 13.2. The van der Waals surface area contributed by atoms with Gasteiger partial charge in [-0.25, -0.2) is 4.79 Å². The Balaban J connectivity index is 2.25. The summed E-state index contributed by atoms with van der Waals surface area (Å²) in [5.74, 6) is 0. The Morgan fingerprint density at radius 1 is 1.61 bits per heavy atom. The van der Waals surface area contributed by atoms with E-state index in [1.807, 2.05) is 12.2 Å². The van der Waals surface area contributed by atoms with Crippen LogP contribution in [0.3, 0.4) is 0 Å². The van der Waals surface area contributed by atoms with E-state index in [1.165, 1.54) is 0 Å². The molecule has 0 saturated carbocycles. The molecule has 2 aliphatic rings. The first-order chi connectivity index (χ1) is 8.57. The highest BCUT2D eigenvalue weighted by Gasteiger charge is 2.42. The maximum Gasteiger partial charge on any atom is 0.405 e. The highest BCUT2D eigenvalue weighted by molar-refractivity contribution is 5.66. The standard InChI is InChI=1S/C13H18N2O3/c1-2-13(18-12(14)17)7-4-3-5-11(13)15-8-6-10(16)9-15/h2-5,7,10-11,16H,1,6,8-9H2,(H2,14,17)/t10-,11?,13-/m0/s1. The molecule has 1 aliphatic carbocycles. The van der Waals surface area contributed by atoms with E-state index in [0.29, 0.717) is 6.54 Å². The molecule has 0 spiro atoms. The molecule has 3 atom stereocenters. The first kappa shape index (κ1) is 12.9. The molecule has 1 unspecified atom stereocenters. The topological polar surface area (TPSA) is 75.8 Å². The lowest BCUT2D eigenvalue weighted by molar-refractivity contribution is 0.0304. The van der Waals surface area contributed by atoms with Crippen molar-refractivity contribution in [2.24, 2.45) is 5.73 Å². The molecule has 18 heavy (non-hydrogen) atoms. The van der Waals surface area contributed by atoms with Crippen molar-refractivity contribution < 1.29 is 14.6 Å². The predicted octanol–water partition coefficient (Wildman–Crippen LogP) is 0.568. The van der Waals surface area contributed by atoms with Crippen molar-refractivity contribution in [2.75, 3.05) is 13.1 Å². The Morgan fingerprint density at radius 2 is 2.39 bits per heavy atom. The first-order valence-electron chi connectivity index (χ1n) is 5.97. The quantitative estimate of drug-likeness (QED) is 0.718. The van der Waals surface area contributed by atoms with Gasteiger partial charge in [0.1, 0.15) is 0 Å². The van der Waals surface area contributed by atoms with E-state index in [0.717, 1.165) is 13.0 Å². The number of likely N-dealkylation sites (tertiary alicyclic amines) is 1. The SMILES string of the molecule is C=C[C@]1(OC(N)=O)C=CC=CC1N1CC[C@H](O)C1. The number of rotatable bonds is 3. The third-order valence-corrected chi connectivity index (χ3v) is 3.41. The van der Waals surface area contributed by atoms with Gasteiger partial charge in [-0.15, -0.1) is 0 Å². The van der Waals surface area contributed by atoms with E-state index >= 15 is 0 Å². The van der Waals surface area contributed by atoms with Gasteiger partial charge in [0.05, 0.1) is 12.1 Å². The smallest absolute Gasteiger partial charge is 0.405 e. The summed E-state index contributed by atoms with van der Waals surface area (Å²) in [6.45, 7) is 5.05. The van der Waals surface area contributed by atoms with E-state index in [4.69, 9.17) is 10.5 Å². The van der Waals surface area contributed by atoms with Gasteiger partial charge in [0, 0.05) is 13.1 Å². The number of allylic oxidation sites excluding steroid dienone is 2. The van der Waals surface area contributed by atoms with Crippen LogP contribution in [0.25, 0.3) is 0 Å². The van der Waals surface area contributed by atoms with Gasteiger partial charge in [-0.3, -0.25) is 4.90 Å². The van der Waals surface area contributed by atoms with Gasteiger partial charge in [0.15, 0.2) is 5.60 Å². The molecular formula is C13H18N2O3. The van der Waals surface area contributed by atoms with Crippen molar-refractivity contribution in [2.45, 2.75) is 24.2 Å². The van der Waals surface area contributed by atoms with Crippen molar-refractivity contribution in [3.63, 3.8) is 0 Å². The highest BCUT2D eigenvalue weighted by Crippen LogP contribution is 2.30. The molecule has 1 amide bonds. The average molecular weight is 250 g/mol. The van der Waals surface area contributed by atoms with Crippen LogP contribution in [0.5, 0.6) is 0 Å². The number of aliphatic hydroxyl groups is 1. The van der Waals surface area contributed by atoms with Gasteiger partial charge >= 0.3 is 6.09 Å². The number of carbonyl (C=O) groups is 1. The molecule has 5 nitrogen and oxygen atoms in total. The van der Waals surface area contributed by atoms with E-state index in [9.17, 15) is 9.90 Å². The minimum absolute atomic E-state index is 0.176. The zero-order valence-electron chi connectivity index (χ0n) is 10.2. The Labute approximate surface area is 106 Å². The molecule has 0 bridgehead atoms. The first-order valence-corrected chi connectivity index (χ1v) is 5.97. The summed E-state index contributed by atoms with van der Waals surface area (Å²) in [6.07, 6.45) is 8.52. The molecular weight excluding hydrogens is 232 g/mol. The molecule has 1 fully saturated rings. The number of hydrogen-bond acceptors (Lipinski definition) is 4. The van der Waals surface area contributed by atoms with Crippen LogP contribution in [0.2, 0.25) is 0 Å². The molecule has 1 heterocycles. The third kappa shape index (κ3) is 2.32. The van der Waals surface area contributed by atoms with Crippen molar-refractivity contribution >= 4 is 6.09 Å². The second-order valence-electron chi connectivity index (χ2n) is 4.61. The number of nitrogens with zero attached hydrogens (tertiary/aromatic N) is 1. The monoisotopic (exact) mass is 250 g/mol. The predicted molar refractivity (Wildman–Crippen MR) is 67.9 cm³/mol. The molecule has 0 radical (unpaired) electrons. The van der Waals surface area contributed by atoms with Crippen molar-refractivity contribution in [3.8, 4) is 0 Å². The highest BCUT2D eigenvalue weighted by atomic mass is 16.6. The molecule has 98 valence electrons. The number of β-amino-alcohol motifs (C(OH)–C–C–N with tert-alkyl or cyclic N) is 1. The third-order valence-electron chi connectivity index (χ3n) is 3.41. The van der Waals surface area contributed by atoms with Crippen molar-refractivity contribution in [1.82, 2.24) is 4.90 Å². The lowest BCUT2D eigenvalue weighted by atomic mass is 9.88. The zero-order valence-corrected chi connectivity index (χ0v) is 10.2. The molecule has 2 rings (SSSR count). The molecule has 0 aromatic heterocycles. The molecule has 0 aromatic carbocycles. The van der Waals surface area contributed by atoms with E-state index in [2.05, 4.69) is 11.5 Å². The number of ether oxygens (including phenoxy) is 1. The number of carbonyl (C=O) groups excluding carboxylic acids is 1. The molecule has 0 aromatic rings. The second-order valence-corrected chi connectivity index (χ2v) is 4.61. The van der Waals surface area contributed by atoms with Gasteiger partial charge < -0.3 is 15.6 Å². The van der Waals surface area contributed by atoms with Crippen LogP contribution in [0.15, 0.2) is 37.0 Å². The minimum Gasteiger partial charge on any atom is -0.432 e. The maximum absolute atomic E-state index is 11.1. The second kappa shape index (κ2) is 4.96. The van der Waals surface area contributed by atoms with Gasteiger partial charge in [0.25, 0.3) is 0 Å². The lowest BCUT2D eigenvalue weighted by Gasteiger charge is -2.39. The number of aliphatic hydroxyl groups excluding tert-OH is 1. The van der Waals surface area contributed by atoms with Crippen LogP contribution in [0, 0.1) is 0 Å². The van der Waals surface area contributed by atoms with Crippen LogP contribution < -0.4 is 5.73 Å². The summed E-state index contributed by atoms with van der Waals surface area (Å²) in [5.41, 5.74) is 4.18. The number of primary amides is 1. The van der Waals surface area contributed by atoms with E-state index in [1.54, 1.807) is 18.2 Å². The van der Waals surface area contributed by atoms with Gasteiger partial charge in [0.2, 0.25) is 0 Å². The van der Waals surface area contributed by atoms with E-state index < -0.39 is 11.7 Å². The minimum atomic E-state index is -0.954. The summed E-state index contributed by atoms with van der Waals surface area (Å²) in [4.78, 5) is 13.1. The van der Waals surface area contributed by atoms with Gasteiger partial charge in [-0.2, -0.15) is 0 Å². The summed E-state index contributed by atoms with van der Waals surface area (Å²) in [5, 5.41) is 9.61. The fourth-order valence-electron chi connectivity index (χ4n) is 2.55. The van der Waals surface area contributed by atoms with Crippen LogP contribution in [-0.2, 0) is 4.74 Å². The largest absolute Gasteiger partial charge is 0.432 e. The number of nitrogens with two attached hydrogens (primary N) is 1. The summed E-state index contributed by atoms with van der Waals surface area (Å²) >= 11 is 0. The van der Waals surface area contributed by atoms with Crippen LogP contribution in [0.4, 0.5) is 4.79 Å². The van der Waals surface area contributed by atoms with E-state index in [-0.39, 0.29) is 12.1 Å². The van der Waals surface area contributed by atoms with Gasteiger partial charge in [-0.05, 0) is 18.6 Å². The Kier molecular flexibility index (Phi) is 3.54. The average Bonchev–Trinajstić information content (AvgIpc) is 2.75. The maximum atomic E-state index is 11.1. The Morgan fingerprint density at radius 3 is 2.94 bits per heavy atom. The van der Waals surface area contributed by atoms with Crippen molar-refractivity contribution in [3.05, 3.63) is 37.0 Å². The summed E-state index contributed by atoms with van der Waals surface area (Å²) in [7, 11) is 0. The summed E-state index contributed by atoms with van der Waals surface area (Å²) in [6, 6.07) is -0.176. The Hall–Kier alpha value is -1.59. The molecule has 1 aliphatic heterocycles. The van der Waals surface area contributed by atoms with Gasteiger partial charge in [-0.1, -0.05) is 24.8 Å². The molecule has 3 N–H and O–H groups in total.